The van der Waals surface area contributed by atoms with Crippen LogP contribution in [0.1, 0.15) is 11.1 Å². The monoisotopic (exact) mass is 384 g/mol. The molecule has 4 rings (SSSR count). The van der Waals surface area contributed by atoms with Gasteiger partial charge in [-0.05, 0) is 49.5 Å². The van der Waals surface area contributed by atoms with Gasteiger partial charge in [-0.2, -0.15) is 0 Å². The lowest BCUT2D eigenvalue weighted by molar-refractivity contribution is 0.170. The molecule has 142 valence electrons. The fraction of sp³-hybridized carbons (Fsp3) is 0.333. The number of hydrogen-bond acceptors (Lipinski definition) is 5. The maximum Gasteiger partial charge on any atom is 0.242 e. The third-order valence-electron chi connectivity index (χ3n) is 4.44. The molecule has 0 bridgehead atoms. The molecule has 2 heterocycles. The van der Waals surface area contributed by atoms with Gasteiger partial charge in [-0.1, -0.05) is 12.1 Å². The lowest BCUT2D eigenvalue weighted by atomic mass is 9.98. The Labute approximate surface area is 160 Å². The van der Waals surface area contributed by atoms with Crippen LogP contribution < -0.4 is 18.9 Å². The second-order valence-corrected chi connectivity index (χ2v) is 12.1. The van der Waals surface area contributed by atoms with Gasteiger partial charge in [0.25, 0.3) is 0 Å². The quantitative estimate of drug-likeness (QED) is 0.704. The van der Waals surface area contributed by atoms with Crippen molar-refractivity contribution in [1.82, 2.24) is 0 Å². The highest BCUT2D eigenvalue weighted by Gasteiger charge is 2.32. The van der Waals surface area contributed by atoms with E-state index < -0.39 is 8.32 Å². The molecule has 2 aliphatic rings. The van der Waals surface area contributed by atoms with Gasteiger partial charge in [-0.15, -0.1) is 0 Å². The van der Waals surface area contributed by atoms with E-state index in [0.717, 1.165) is 40.6 Å². The number of fused-ring (bicyclic) bond motifs is 3. The Morgan fingerprint density at radius 1 is 0.926 bits per heavy atom. The predicted molar refractivity (Wildman–Crippen MR) is 106 cm³/mol. The van der Waals surface area contributed by atoms with Crippen LogP contribution in [0.2, 0.25) is 19.6 Å². The van der Waals surface area contributed by atoms with E-state index in [-0.39, 0.29) is 6.79 Å². The Morgan fingerprint density at radius 3 is 2.41 bits per heavy atom. The van der Waals surface area contributed by atoms with Crippen LogP contribution in [0.4, 0.5) is 0 Å². The standard InChI is InChI=1S/C21H24O5Si/c1-22-16-7-5-14(6-8-16)11-15-12-23-20-17(19(15)26-27(2,3)4)9-10-18-21(20)25-13-24-18/h5-10H,11-13H2,1-4H3. The number of rotatable bonds is 5. The second-order valence-electron chi connectivity index (χ2n) is 7.64. The Kier molecular flexibility index (Phi) is 4.51. The summed E-state index contributed by atoms with van der Waals surface area (Å²) in [6.07, 6.45) is 0.762. The zero-order valence-corrected chi connectivity index (χ0v) is 17.1. The highest BCUT2D eigenvalue weighted by atomic mass is 28.4. The summed E-state index contributed by atoms with van der Waals surface area (Å²) >= 11 is 0. The van der Waals surface area contributed by atoms with Crippen LogP contribution in [0.5, 0.6) is 23.0 Å². The smallest absolute Gasteiger partial charge is 0.242 e. The summed E-state index contributed by atoms with van der Waals surface area (Å²) in [6, 6.07) is 12.0. The maximum absolute atomic E-state index is 6.51. The molecular weight excluding hydrogens is 360 g/mol. The van der Waals surface area contributed by atoms with E-state index in [1.807, 2.05) is 24.3 Å². The molecule has 0 fully saturated rings. The van der Waals surface area contributed by atoms with Crippen molar-refractivity contribution in [1.29, 1.82) is 0 Å². The Balaban J connectivity index is 1.74. The molecule has 5 nitrogen and oxygen atoms in total. The topological polar surface area (TPSA) is 46.2 Å². The highest BCUT2D eigenvalue weighted by molar-refractivity contribution is 6.70. The van der Waals surface area contributed by atoms with Crippen molar-refractivity contribution in [3.8, 4) is 23.0 Å². The zero-order valence-electron chi connectivity index (χ0n) is 16.1. The van der Waals surface area contributed by atoms with Crippen LogP contribution >= 0.6 is 0 Å². The van der Waals surface area contributed by atoms with Gasteiger partial charge in [0.2, 0.25) is 20.9 Å². The van der Waals surface area contributed by atoms with Crippen molar-refractivity contribution in [2.24, 2.45) is 0 Å². The largest absolute Gasteiger partial charge is 0.544 e. The van der Waals surface area contributed by atoms with Crippen LogP contribution in [-0.4, -0.2) is 28.8 Å². The van der Waals surface area contributed by atoms with E-state index >= 15 is 0 Å². The summed E-state index contributed by atoms with van der Waals surface area (Å²) in [5.41, 5.74) is 3.26. The summed E-state index contributed by atoms with van der Waals surface area (Å²) in [5, 5.41) is 0. The number of methoxy groups -OCH3 is 1. The van der Waals surface area contributed by atoms with Crippen molar-refractivity contribution in [3.05, 3.63) is 53.1 Å². The minimum Gasteiger partial charge on any atom is -0.544 e. The van der Waals surface area contributed by atoms with Gasteiger partial charge in [0.1, 0.15) is 18.1 Å². The molecule has 2 aromatic carbocycles. The van der Waals surface area contributed by atoms with Gasteiger partial charge in [-0.25, -0.2) is 0 Å². The average Bonchev–Trinajstić information content (AvgIpc) is 3.12. The van der Waals surface area contributed by atoms with Crippen molar-refractivity contribution >= 4 is 14.1 Å². The molecule has 0 unspecified atom stereocenters. The average molecular weight is 385 g/mol. The first-order valence-electron chi connectivity index (χ1n) is 9.04. The first-order valence-corrected chi connectivity index (χ1v) is 12.4. The summed E-state index contributed by atoms with van der Waals surface area (Å²) in [6.45, 7) is 7.26. The Bertz CT molecular complexity index is 881. The Hall–Kier alpha value is -2.60. The van der Waals surface area contributed by atoms with E-state index in [1.54, 1.807) is 7.11 Å². The molecule has 0 saturated heterocycles. The molecule has 0 atom stereocenters. The fourth-order valence-electron chi connectivity index (χ4n) is 3.24. The second kappa shape index (κ2) is 6.85. The van der Waals surface area contributed by atoms with Gasteiger partial charge in [0, 0.05) is 12.0 Å². The van der Waals surface area contributed by atoms with Crippen LogP contribution in [0.3, 0.4) is 0 Å². The molecule has 2 aliphatic heterocycles. The molecule has 6 heteroatoms. The molecule has 0 aliphatic carbocycles. The minimum absolute atomic E-state index is 0.224. The van der Waals surface area contributed by atoms with Crippen LogP contribution in [-0.2, 0) is 10.8 Å². The van der Waals surface area contributed by atoms with Gasteiger partial charge in [0.15, 0.2) is 11.5 Å². The minimum atomic E-state index is -1.82. The van der Waals surface area contributed by atoms with Crippen LogP contribution in [0, 0.1) is 0 Å². The third-order valence-corrected chi connectivity index (χ3v) is 5.25. The molecular formula is C21H24O5Si. The number of benzene rings is 2. The molecule has 0 amide bonds. The molecule has 27 heavy (non-hydrogen) atoms. The van der Waals surface area contributed by atoms with Crippen LogP contribution in [0.25, 0.3) is 5.76 Å². The summed E-state index contributed by atoms with van der Waals surface area (Å²) in [5.74, 6) is 3.89. The van der Waals surface area contributed by atoms with Crippen molar-refractivity contribution in [2.45, 2.75) is 26.1 Å². The summed E-state index contributed by atoms with van der Waals surface area (Å²) in [7, 11) is -0.144. The lowest BCUT2D eigenvalue weighted by Gasteiger charge is -2.30. The van der Waals surface area contributed by atoms with E-state index in [9.17, 15) is 0 Å². The zero-order chi connectivity index (χ0) is 19.0. The first-order chi connectivity index (χ1) is 12.9. The number of hydrogen-bond donors (Lipinski definition) is 0. The van der Waals surface area contributed by atoms with E-state index in [1.165, 1.54) is 5.56 Å². The van der Waals surface area contributed by atoms with E-state index in [2.05, 4.69) is 31.8 Å². The van der Waals surface area contributed by atoms with E-state index in [4.69, 9.17) is 23.4 Å². The maximum atomic E-state index is 6.51. The van der Waals surface area contributed by atoms with E-state index in [0.29, 0.717) is 12.4 Å². The normalized spacial score (nSPS) is 15.3. The molecule has 2 aromatic rings. The fourth-order valence-corrected chi connectivity index (χ4v) is 4.11. The van der Waals surface area contributed by atoms with Crippen molar-refractivity contribution in [3.63, 3.8) is 0 Å². The predicted octanol–water partition coefficient (Wildman–Crippen LogP) is 4.62. The van der Waals surface area contributed by atoms with Crippen LogP contribution in [0.15, 0.2) is 42.0 Å². The van der Waals surface area contributed by atoms with Gasteiger partial charge in [-0.3, -0.25) is 0 Å². The summed E-state index contributed by atoms with van der Waals surface area (Å²) < 4.78 is 29.0. The summed E-state index contributed by atoms with van der Waals surface area (Å²) in [4.78, 5) is 0. The molecule has 0 aromatic heterocycles. The molecule has 0 N–H and O–H groups in total. The molecule has 0 saturated carbocycles. The Morgan fingerprint density at radius 2 is 1.70 bits per heavy atom. The molecule has 0 spiro atoms. The van der Waals surface area contributed by atoms with Gasteiger partial charge < -0.3 is 23.4 Å². The van der Waals surface area contributed by atoms with Crippen molar-refractivity contribution in [2.75, 3.05) is 20.5 Å². The lowest BCUT2D eigenvalue weighted by Crippen LogP contribution is -2.27. The molecule has 0 radical (unpaired) electrons. The highest BCUT2D eigenvalue weighted by Crippen LogP contribution is 2.48. The van der Waals surface area contributed by atoms with Crippen molar-refractivity contribution < 1.29 is 23.4 Å². The third kappa shape index (κ3) is 3.62. The van der Waals surface area contributed by atoms with Gasteiger partial charge in [0.05, 0.1) is 12.7 Å². The number of ether oxygens (including phenoxy) is 4. The SMILES string of the molecule is COc1ccc(CC2=C(O[Si](C)(C)C)c3ccc4c(c3OC2)OCO4)cc1. The first kappa shape index (κ1) is 17.8. The van der Waals surface area contributed by atoms with Gasteiger partial charge >= 0.3 is 0 Å².